The summed E-state index contributed by atoms with van der Waals surface area (Å²) in [5.74, 6) is 1.30. The molecule has 4 saturated carbocycles. The highest BCUT2D eigenvalue weighted by Crippen LogP contribution is 2.65. The van der Waals surface area contributed by atoms with Crippen molar-refractivity contribution in [2.45, 2.75) is 88.7 Å². The van der Waals surface area contributed by atoms with E-state index in [0.717, 1.165) is 50.5 Å². The number of Topliss-reactive ketones (excluding diaryl/α,β-unsaturated/α-hetero) is 1. The maximum Gasteiger partial charge on any atom is 0.410 e. The number of amides is 1. The zero-order valence-corrected chi connectivity index (χ0v) is 21.0. The lowest BCUT2D eigenvalue weighted by Crippen LogP contribution is -2.62. The minimum Gasteiger partial charge on any atom is -0.445 e. The maximum atomic E-state index is 13.4. The molecule has 0 aromatic heterocycles. The fraction of sp³-hybridized carbons (Fsp3) is 0.724. The summed E-state index contributed by atoms with van der Waals surface area (Å²) in [6.45, 7) is 2.37. The number of benzene rings is 1. The summed E-state index contributed by atoms with van der Waals surface area (Å²) in [6.07, 6.45) is 6.77. The molecule has 6 rings (SSSR count). The third kappa shape index (κ3) is 3.66. The lowest BCUT2D eigenvalue weighted by atomic mass is 9.58. The van der Waals surface area contributed by atoms with E-state index in [0.29, 0.717) is 30.0 Å². The Bertz CT molecular complexity index is 967. The van der Waals surface area contributed by atoms with E-state index < -0.39 is 5.60 Å². The summed E-state index contributed by atoms with van der Waals surface area (Å²) in [6, 6.07) is 9.86. The molecule has 5 fully saturated rings. The predicted octanol–water partition coefficient (Wildman–Crippen LogP) is 4.58. The van der Waals surface area contributed by atoms with Gasteiger partial charge in [0.15, 0.2) is 0 Å². The van der Waals surface area contributed by atoms with Crippen molar-refractivity contribution < 1.29 is 24.2 Å². The largest absolute Gasteiger partial charge is 0.445 e. The Morgan fingerprint density at radius 2 is 1.94 bits per heavy atom. The molecule has 1 N–H and O–H groups in total. The molecule has 1 aromatic rings. The number of rotatable bonds is 3. The van der Waals surface area contributed by atoms with Gasteiger partial charge >= 0.3 is 6.09 Å². The van der Waals surface area contributed by atoms with Gasteiger partial charge in [0.2, 0.25) is 0 Å². The summed E-state index contributed by atoms with van der Waals surface area (Å²) < 4.78 is 11.6. The molecular weight excluding hydrogens is 442 g/mol. The third-order valence-electron chi connectivity index (χ3n) is 10.5. The first-order valence-electron chi connectivity index (χ1n) is 13.7. The van der Waals surface area contributed by atoms with E-state index in [1.807, 2.05) is 35.2 Å². The van der Waals surface area contributed by atoms with Gasteiger partial charge in [-0.05, 0) is 74.7 Å². The van der Waals surface area contributed by atoms with Crippen molar-refractivity contribution in [1.29, 1.82) is 0 Å². The number of fused-ring (bicyclic) bond motifs is 9. The predicted molar refractivity (Wildman–Crippen MR) is 130 cm³/mol. The molecule has 35 heavy (non-hydrogen) atoms. The first-order valence-corrected chi connectivity index (χ1v) is 13.7. The lowest BCUT2D eigenvalue weighted by molar-refractivity contribution is -0.155. The van der Waals surface area contributed by atoms with Gasteiger partial charge in [-0.15, -0.1) is 0 Å². The van der Waals surface area contributed by atoms with Gasteiger partial charge < -0.3 is 19.5 Å². The molecule has 1 saturated heterocycles. The number of likely N-dealkylation sites (tertiary alicyclic amines) is 1. The number of carbonyl (C=O) groups is 2. The monoisotopic (exact) mass is 481 g/mol. The molecular formula is C29H39NO5. The summed E-state index contributed by atoms with van der Waals surface area (Å²) in [5, 5.41) is 12.3. The highest BCUT2D eigenvalue weighted by Gasteiger charge is 2.68. The molecule has 5 aliphatic rings. The molecule has 6 nitrogen and oxygen atoms in total. The van der Waals surface area contributed by atoms with Crippen molar-refractivity contribution in [1.82, 2.24) is 4.90 Å². The van der Waals surface area contributed by atoms with Gasteiger partial charge in [-0.2, -0.15) is 0 Å². The van der Waals surface area contributed by atoms with Crippen LogP contribution >= 0.6 is 0 Å². The molecule has 190 valence electrons. The molecule has 10 atom stereocenters. The van der Waals surface area contributed by atoms with Gasteiger partial charge in [-0.25, -0.2) is 4.79 Å². The molecule has 1 aromatic carbocycles. The van der Waals surface area contributed by atoms with Crippen molar-refractivity contribution >= 4 is 11.9 Å². The number of methoxy groups -OCH3 is 1. The maximum absolute atomic E-state index is 13.4. The number of hydrogen-bond acceptors (Lipinski definition) is 5. The third-order valence-corrected chi connectivity index (χ3v) is 10.5. The Hall–Kier alpha value is -1.92. The number of ketones is 1. The van der Waals surface area contributed by atoms with Crippen LogP contribution in [0.15, 0.2) is 30.3 Å². The average Bonchev–Trinajstić information content (AvgIpc) is 3.09. The van der Waals surface area contributed by atoms with Gasteiger partial charge in [0.1, 0.15) is 12.4 Å². The van der Waals surface area contributed by atoms with Crippen LogP contribution in [-0.2, 0) is 20.9 Å². The quantitative estimate of drug-likeness (QED) is 0.684. The number of hydrogen-bond donors (Lipinski definition) is 1. The van der Waals surface area contributed by atoms with Gasteiger partial charge in [0.25, 0.3) is 0 Å². The van der Waals surface area contributed by atoms with Crippen molar-refractivity contribution in [3.63, 3.8) is 0 Å². The van der Waals surface area contributed by atoms with E-state index in [9.17, 15) is 14.7 Å². The van der Waals surface area contributed by atoms with E-state index in [2.05, 4.69) is 6.92 Å². The van der Waals surface area contributed by atoms with Crippen molar-refractivity contribution in [2.24, 2.45) is 35.5 Å². The second kappa shape index (κ2) is 8.88. The molecule has 1 heterocycles. The lowest BCUT2D eigenvalue weighted by Gasteiger charge is -2.53. The molecule has 0 spiro atoms. The van der Waals surface area contributed by atoms with E-state index in [4.69, 9.17) is 9.47 Å². The van der Waals surface area contributed by atoms with Crippen LogP contribution in [0, 0.1) is 35.5 Å². The van der Waals surface area contributed by atoms with Gasteiger partial charge in [-0.3, -0.25) is 4.79 Å². The molecule has 1 aliphatic heterocycles. The second-order valence-corrected chi connectivity index (χ2v) is 12.0. The van der Waals surface area contributed by atoms with Crippen molar-refractivity contribution in [3.05, 3.63) is 35.9 Å². The normalized spacial score (nSPS) is 44.3. The van der Waals surface area contributed by atoms with Gasteiger partial charge in [-0.1, -0.05) is 36.8 Å². The van der Waals surface area contributed by atoms with Crippen molar-refractivity contribution in [3.8, 4) is 0 Å². The first-order chi connectivity index (χ1) is 16.9. The zero-order valence-electron chi connectivity index (χ0n) is 21.0. The molecule has 1 amide bonds. The molecule has 6 heteroatoms. The summed E-state index contributed by atoms with van der Waals surface area (Å²) >= 11 is 0. The van der Waals surface area contributed by atoms with Gasteiger partial charge in [0.05, 0.1) is 11.7 Å². The molecule has 0 radical (unpaired) electrons. The fourth-order valence-electron chi connectivity index (χ4n) is 9.23. The Morgan fingerprint density at radius 3 is 2.71 bits per heavy atom. The second-order valence-electron chi connectivity index (χ2n) is 12.0. The first kappa shape index (κ1) is 23.5. The number of carbonyl (C=O) groups excluding carboxylic acids is 2. The van der Waals surface area contributed by atoms with Crippen LogP contribution < -0.4 is 0 Å². The van der Waals surface area contributed by atoms with Crippen LogP contribution in [0.4, 0.5) is 4.79 Å². The van der Waals surface area contributed by atoms with Crippen LogP contribution in [0.1, 0.15) is 63.9 Å². The van der Waals surface area contributed by atoms with Crippen LogP contribution in [0.2, 0.25) is 0 Å². The zero-order chi connectivity index (χ0) is 24.3. The SMILES string of the molecule is CO[C@H]1CCC[C@@H]2[C@@H]1C(=O)C[C@@H]1[C@H]2[C@H]2C[C@@H]3[C@@H](CC[C@H](C)N3C(=O)OCc3ccccc3)[C@]1(O)C2. The van der Waals surface area contributed by atoms with Crippen molar-refractivity contribution in [2.75, 3.05) is 7.11 Å². The van der Waals surface area contributed by atoms with E-state index in [1.165, 1.54) is 0 Å². The smallest absolute Gasteiger partial charge is 0.410 e. The van der Waals surface area contributed by atoms with Crippen LogP contribution in [0.5, 0.6) is 0 Å². The number of ether oxygens (including phenoxy) is 2. The van der Waals surface area contributed by atoms with E-state index >= 15 is 0 Å². The average molecular weight is 482 g/mol. The number of piperidine rings is 1. The summed E-state index contributed by atoms with van der Waals surface area (Å²) in [4.78, 5) is 28.8. The number of nitrogens with zero attached hydrogens (tertiary/aromatic N) is 1. The Balaban J connectivity index is 1.27. The van der Waals surface area contributed by atoms with E-state index in [-0.39, 0.29) is 48.6 Å². The fourth-order valence-corrected chi connectivity index (χ4v) is 9.23. The topological polar surface area (TPSA) is 76.1 Å². The highest BCUT2D eigenvalue weighted by atomic mass is 16.6. The van der Waals surface area contributed by atoms with Crippen LogP contribution in [0.25, 0.3) is 0 Å². The van der Waals surface area contributed by atoms with E-state index in [1.54, 1.807) is 7.11 Å². The Kier molecular flexibility index (Phi) is 5.96. The standard InChI is InChI=1S/C29H39NO5/c1-17-11-12-21-23(30(17)28(32)35-16-18-7-4-3-5-8-18)13-19-15-29(21,33)22-14-24(31)27-20(26(19)22)9-6-10-25(27)34-2/h3-5,7-8,17,19-23,25-27,33H,6,9-16H2,1-2H3/t17-,19-,20-,21+,22+,23+,25-,26-,27+,29+/m0/s1. The van der Waals surface area contributed by atoms with Crippen LogP contribution in [0.3, 0.4) is 0 Å². The summed E-state index contributed by atoms with van der Waals surface area (Å²) in [7, 11) is 1.74. The molecule has 4 aliphatic carbocycles. The van der Waals surface area contributed by atoms with Crippen LogP contribution in [-0.4, -0.2) is 52.8 Å². The molecule has 2 bridgehead atoms. The summed E-state index contributed by atoms with van der Waals surface area (Å²) in [5.41, 5.74) is 0.113. The Morgan fingerprint density at radius 1 is 1.14 bits per heavy atom. The van der Waals surface area contributed by atoms with Gasteiger partial charge in [0, 0.05) is 37.5 Å². The molecule has 0 unspecified atom stereocenters. The Labute approximate surface area is 208 Å². The minimum atomic E-state index is -0.864. The minimum absolute atomic E-state index is 0.0142. The number of aliphatic hydroxyl groups is 1. The highest BCUT2D eigenvalue weighted by molar-refractivity contribution is 5.83.